The van der Waals surface area contributed by atoms with Crippen LogP contribution in [0.4, 0.5) is 5.69 Å². The SMILES string of the molecule is COc1ccc(OCc2ccc(-c3nc(-c4cccc(N)c4C)no3)cc2)cc1. The highest BCUT2D eigenvalue weighted by atomic mass is 16.5. The van der Waals surface area contributed by atoms with Crippen molar-refractivity contribution >= 4 is 5.69 Å². The van der Waals surface area contributed by atoms with Crippen molar-refractivity contribution in [3.05, 3.63) is 77.9 Å². The molecule has 29 heavy (non-hydrogen) atoms. The molecule has 0 amide bonds. The summed E-state index contributed by atoms with van der Waals surface area (Å²) in [6.07, 6.45) is 0. The first kappa shape index (κ1) is 18.6. The number of anilines is 1. The van der Waals surface area contributed by atoms with E-state index in [-0.39, 0.29) is 0 Å². The van der Waals surface area contributed by atoms with Gasteiger partial charge in [0.05, 0.1) is 7.11 Å². The van der Waals surface area contributed by atoms with Crippen molar-refractivity contribution in [2.45, 2.75) is 13.5 Å². The molecule has 0 aliphatic carbocycles. The fraction of sp³-hybridized carbons (Fsp3) is 0.130. The van der Waals surface area contributed by atoms with E-state index in [1.165, 1.54) is 0 Å². The average Bonchev–Trinajstić information content (AvgIpc) is 3.25. The van der Waals surface area contributed by atoms with Crippen LogP contribution in [0.1, 0.15) is 11.1 Å². The van der Waals surface area contributed by atoms with Gasteiger partial charge in [-0.2, -0.15) is 4.98 Å². The summed E-state index contributed by atoms with van der Waals surface area (Å²) in [5.74, 6) is 2.57. The summed E-state index contributed by atoms with van der Waals surface area (Å²) in [6, 6.07) is 21.0. The molecule has 4 aromatic rings. The summed E-state index contributed by atoms with van der Waals surface area (Å²) in [4.78, 5) is 4.52. The maximum absolute atomic E-state index is 5.97. The number of hydrogen-bond acceptors (Lipinski definition) is 6. The van der Waals surface area contributed by atoms with Crippen LogP contribution in [0.25, 0.3) is 22.8 Å². The van der Waals surface area contributed by atoms with Gasteiger partial charge >= 0.3 is 0 Å². The van der Waals surface area contributed by atoms with E-state index in [0.717, 1.165) is 33.8 Å². The lowest BCUT2D eigenvalue weighted by atomic mass is 10.1. The van der Waals surface area contributed by atoms with Gasteiger partial charge in [-0.15, -0.1) is 0 Å². The summed E-state index contributed by atoms with van der Waals surface area (Å²) in [5, 5.41) is 4.10. The van der Waals surface area contributed by atoms with E-state index in [9.17, 15) is 0 Å². The average molecular weight is 387 g/mol. The van der Waals surface area contributed by atoms with Crippen molar-refractivity contribution in [2.24, 2.45) is 0 Å². The molecule has 1 aromatic heterocycles. The largest absolute Gasteiger partial charge is 0.497 e. The van der Waals surface area contributed by atoms with Crippen LogP contribution in [0.3, 0.4) is 0 Å². The molecule has 0 unspecified atom stereocenters. The molecule has 4 rings (SSSR count). The molecule has 0 saturated heterocycles. The topological polar surface area (TPSA) is 83.4 Å². The molecule has 2 N–H and O–H groups in total. The summed E-state index contributed by atoms with van der Waals surface area (Å²) in [7, 11) is 1.64. The summed E-state index contributed by atoms with van der Waals surface area (Å²) in [6.45, 7) is 2.41. The molecule has 0 saturated carbocycles. The Bertz CT molecular complexity index is 1100. The number of nitrogen functional groups attached to an aromatic ring is 1. The maximum atomic E-state index is 5.97. The highest BCUT2D eigenvalue weighted by Gasteiger charge is 2.13. The molecule has 3 aromatic carbocycles. The predicted molar refractivity (Wildman–Crippen MR) is 112 cm³/mol. The van der Waals surface area contributed by atoms with Crippen LogP contribution in [-0.4, -0.2) is 17.3 Å². The third-order valence-electron chi connectivity index (χ3n) is 4.71. The van der Waals surface area contributed by atoms with E-state index in [2.05, 4.69) is 10.1 Å². The molecule has 0 bridgehead atoms. The van der Waals surface area contributed by atoms with E-state index in [1.807, 2.05) is 73.7 Å². The lowest BCUT2D eigenvalue weighted by Crippen LogP contribution is -1.95. The quantitative estimate of drug-likeness (QED) is 0.475. The minimum Gasteiger partial charge on any atom is -0.497 e. The van der Waals surface area contributed by atoms with Crippen LogP contribution in [0.5, 0.6) is 11.5 Å². The number of methoxy groups -OCH3 is 1. The number of ether oxygens (including phenoxy) is 2. The molecule has 0 aliphatic heterocycles. The molecule has 1 heterocycles. The molecule has 0 radical (unpaired) electrons. The lowest BCUT2D eigenvalue weighted by Gasteiger charge is -2.07. The maximum Gasteiger partial charge on any atom is 0.258 e. The fourth-order valence-electron chi connectivity index (χ4n) is 2.93. The van der Waals surface area contributed by atoms with Gasteiger partial charge in [-0.1, -0.05) is 29.4 Å². The van der Waals surface area contributed by atoms with Crippen molar-refractivity contribution in [3.63, 3.8) is 0 Å². The van der Waals surface area contributed by atoms with E-state index in [4.69, 9.17) is 19.7 Å². The molecule has 0 aliphatic rings. The van der Waals surface area contributed by atoms with E-state index in [1.54, 1.807) is 7.11 Å². The van der Waals surface area contributed by atoms with Crippen LogP contribution in [0.15, 0.2) is 71.3 Å². The van der Waals surface area contributed by atoms with Gasteiger partial charge in [0.15, 0.2) is 0 Å². The van der Waals surface area contributed by atoms with E-state index >= 15 is 0 Å². The Hall–Kier alpha value is -3.80. The van der Waals surface area contributed by atoms with Crippen LogP contribution in [0.2, 0.25) is 0 Å². The third kappa shape index (κ3) is 4.06. The highest BCUT2D eigenvalue weighted by molar-refractivity contribution is 5.68. The normalized spacial score (nSPS) is 10.7. The van der Waals surface area contributed by atoms with Crippen LogP contribution in [0, 0.1) is 6.92 Å². The minimum absolute atomic E-state index is 0.462. The predicted octanol–water partition coefficient (Wildman–Crippen LogP) is 4.88. The first-order chi connectivity index (χ1) is 14.1. The van der Waals surface area contributed by atoms with Gasteiger partial charge < -0.3 is 19.7 Å². The number of nitrogens with two attached hydrogens (primary N) is 1. The fourth-order valence-corrected chi connectivity index (χ4v) is 2.93. The van der Waals surface area contributed by atoms with Gasteiger partial charge in [0.1, 0.15) is 18.1 Å². The highest BCUT2D eigenvalue weighted by Crippen LogP contribution is 2.27. The number of benzene rings is 3. The molecular formula is C23H21N3O3. The van der Waals surface area contributed by atoms with Gasteiger partial charge in [0.25, 0.3) is 5.89 Å². The Morgan fingerprint density at radius 1 is 0.931 bits per heavy atom. The standard InChI is InChI=1S/C23H21N3O3/c1-15-20(4-3-5-21(15)24)22-25-23(29-26-22)17-8-6-16(7-9-17)14-28-19-12-10-18(27-2)11-13-19/h3-13H,14,24H2,1-2H3. The molecule has 0 atom stereocenters. The van der Waals surface area contributed by atoms with Crippen molar-refractivity contribution in [1.29, 1.82) is 0 Å². The zero-order valence-electron chi connectivity index (χ0n) is 16.3. The molecule has 146 valence electrons. The zero-order valence-corrected chi connectivity index (χ0v) is 16.3. The number of aromatic nitrogens is 2. The lowest BCUT2D eigenvalue weighted by molar-refractivity contribution is 0.305. The molecule has 6 nitrogen and oxygen atoms in total. The molecule has 6 heteroatoms. The van der Waals surface area contributed by atoms with Gasteiger partial charge in [-0.05, 0) is 60.5 Å². The summed E-state index contributed by atoms with van der Waals surface area (Å²) < 4.78 is 16.4. The molecule has 0 fully saturated rings. The number of rotatable bonds is 6. The van der Waals surface area contributed by atoms with Gasteiger partial charge in [0, 0.05) is 16.8 Å². The second-order valence-corrected chi connectivity index (χ2v) is 6.60. The zero-order chi connectivity index (χ0) is 20.2. The number of hydrogen-bond donors (Lipinski definition) is 1. The number of nitrogens with zero attached hydrogens (tertiary/aromatic N) is 2. The first-order valence-electron chi connectivity index (χ1n) is 9.19. The monoisotopic (exact) mass is 387 g/mol. The minimum atomic E-state index is 0.462. The van der Waals surface area contributed by atoms with Gasteiger partial charge in [0.2, 0.25) is 5.82 Å². The van der Waals surface area contributed by atoms with Crippen LogP contribution in [-0.2, 0) is 6.61 Å². The van der Waals surface area contributed by atoms with Crippen molar-refractivity contribution in [3.8, 4) is 34.3 Å². The Morgan fingerprint density at radius 2 is 1.66 bits per heavy atom. The van der Waals surface area contributed by atoms with Crippen molar-refractivity contribution in [2.75, 3.05) is 12.8 Å². The Kier molecular flexibility index (Phi) is 5.16. The van der Waals surface area contributed by atoms with E-state index < -0.39 is 0 Å². The van der Waals surface area contributed by atoms with Crippen LogP contribution < -0.4 is 15.2 Å². The molecular weight excluding hydrogens is 366 g/mol. The second-order valence-electron chi connectivity index (χ2n) is 6.60. The Labute approximate surface area is 168 Å². The molecule has 0 spiro atoms. The Balaban J connectivity index is 1.45. The Morgan fingerprint density at radius 3 is 2.38 bits per heavy atom. The van der Waals surface area contributed by atoms with Gasteiger partial charge in [-0.3, -0.25) is 0 Å². The smallest absolute Gasteiger partial charge is 0.258 e. The van der Waals surface area contributed by atoms with Gasteiger partial charge in [-0.25, -0.2) is 0 Å². The first-order valence-corrected chi connectivity index (χ1v) is 9.19. The third-order valence-corrected chi connectivity index (χ3v) is 4.71. The second kappa shape index (κ2) is 8.06. The summed E-state index contributed by atoms with van der Waals surface area (Å²) in [5.41, 5.74) is 10.4. The van der Waals surface area contributed by atoms with Crippen LogP contribution >= 0.6 is 0 Å². The van der Waals surface area contributed by atoms with Crippen molar-refractivity contribution in [1.82, 2.24) is 10.1 Å². The van der Waals surface area contributed by atoms with Crippen molar-refractivity contribution < 1.29 is 14.0 Å². The summed E-state index contributed by atoms with van der Waals surface area (Å²) >= 11 is 0. The van der Waals surface area contributed by atoms with E-state index in [0.29, 0.717) is 24.0 Å².